The van der Waals surface area contributed by atoms with E-state index >= 15 is 0 Å². The van der Waals surface area contributed by atoms with Crippen molar-refractivity contribution in [1.29, 1.82) is 0 Å². The van der Waals surface area contributed by atoms with Crippen molar-refractivity contribution in [2.75, 3.05) is 6.61 Å². The van der Waals surface area contributed by atoms with Crippen LogP contribution in [0.5, 0.6) is 0 Å². The molecule has 2 aromatic carbocycles. The highest BCUT2D eigenvalue weighted by atomic mass is 19.4. The Morgan fingerprint density at radius 2 is 1.81 bits per heavy atom. The number of hydrogen-bond donors (Lipinski definition) is 1. The molecular weight excluding hydrogens is 347 g/mol. The number of halogens is 3. The van der Waals surface area contributed by atoms with Gasteiger partial charge in [-0.15, -0.1) is 0 Å². The number of alkyl halides is 3. The number of ketones is 1. The smallest absolute Gasteiger partial charge is 0.416 e. The van der Waals surface area contributed by atoms with Gasteiger partial charge in [-0.1, -0.05) is 30.3 Å². The average Bonchev–Trinajstić information content (AvgIpc) is 3.02. The topological polar surface area (TPSA) is 59.2 Å². The van der Waals surface area contributed by atoms with Crippen LogP contribution >= 0.6 is 0 Å². The number of para-hydroxylation sites is 1. The summed E-state index contributed by atoms with van der Waals surface area (Å²) in [4.78, 5) is 27.0. The molecule has 0 unspecified atom stereocenters. The van der Waals surface area contributed by atoms with E-state index in [2.05, 4.69) is 4.98 Å². The van der Waals surface area contributed by atoms with Gasteiger partial charge in [-0.05, 0) is 23.8 Å². The van der Waals surface area contributed by atoms with Crippen LogP contribution in [0.2, 0.25) is 0 Å². The fourth-order valence-corrected chi connectivity index (χ4v) is 2.58. The van der Waals surface area contributed by atoms with Gasteiger partial charge in [-0.3, -0.25) is 9.59 Å². The first kappa shape index (κ1) is 17.7. The predicted molar refractivity (Wildman–Crippen MR) is 88.7 cm³/mol. The first-order valence-electron chi connectivity index (χ1n) is 7.75. The highest BCUT2D eigenvalue weighted by Gasteiger charge is 2.30. The van der Waals surface area contributed by atoms with Gasteiger partial charge in [0.2, 0.25) is 0 Å². The number of Topliss-reactive ketones (excluding diaryl/α,β-unsaturated/α-hetero) is 1. The second-order valence-corrected chi connectivity index (χ2v) is 5.70. The minimum absolute atomic E-state index is 0.0418. The maximum Gasteiger partial charge on any atom is 0.416 e. The van der Waals surface area contributed by atoms with Gasteiger partial charge in [0, 0.05) is 22.7 Å². The van der Waals surface area contributed by atoms with Crippen LogP contribution in [0.15, 0.2) is 54.7 Å². The second kappa shape index (κ2) is 7.03. The number of carbonyl (C=O) groups excluding carboxylic acids is 2. The van der Waals surface area contributed by atoms with Crippen LogP contribution in [0.4, 0.5) is 13.2 Å². The lowest BCUT2D eigenvalue weighted by Crippen LogP contribution is -2.16. The summed E-state index contributed by atoms with van der Waals surface area (Å²) in [5, 5.41) is 0.869. The number of hydrogen-bond acceptors (Lipinski definition) is 3. The zero-order valence-corrected chi connectivity index (χ0v) is 13.5. The summed E-state index contributed by atoms with van der Waals surface area (Å²) >= 11 is 0. The van der Waals surface area contributed by atoms with Gasteiger partial charge < -0.3 is 9.72 Å². The molecule has 0 aliphatic rings. The van der Waals surface area contributed by atoms with E-state index in [0.29, 0.717) is 0 Å². The van der Waals surface area contributed by atoms with Crippen molar-refractivity contribution in [2.24, 2.45) is 0 Å². The Hall–Kier alpha value is -3.09. The lowest BCUT2D eigenvalue weighted by Gasteiger charge is -2.08. The SMILES string of the molecule is O=C(Cc1c[nH]c2ccccc12)OCC(=O)c1cccc(C(F)(F)F)c1. The number of aromatic nitrogens is 1. The van der Waals surface area contributed by atoms with Gasteiger partial charge in [0.05, 0.1) is 12.0 Å². The molecule has 7 heteroatoms. The number of esters is 1. The first-order chi connectivity index (χ1) is 12.3. The van der Waals surface area contributed by atoms with Gasteiger partial charge in [0.15, 0.2) is 12.4 Å². The minimum atomic E-state index is -4.54. The van der Waals surface area contributed by atoms with Crippen LogP contribution in [0.1, 0.15) is 21.5 Å². The van der Waals surface area contributed by atoms with E-state index in [1.54, 1.807) is 6.20 Å². The molecule has 0 spiro atoms. The van der Waals surface area contributed by atoms with E-state index in [4.69, 9.17) is 4.74 Å². The van der Waals surface area contributed by atoms with E-state index in [9.17, 15) is 22.8 Å². The third kappa shape index (κ3) is 3.93. The number of ether oxygens (including phenoxy) is 1. The van der Waals surface area contributed by atoms with Crippen molar-refractivity contribution < 1.29 is 27.5 Å². The number of benzene rings is 2. The summed E-state index contributed by atoms with van der Waals surface area (Å²) in [6.45, 7) is -0.609. The molecule has 0 atom stereocenters. The number of H-pyrrole nitrogens is 1. The van der Waals surface area contributed by atoms with Crippen molar-refractivity contribution in [3.63, 3.8) is 0 Å². The Labute approximate surface area is 146 Å². The van der Waals surface area contributed by atoms with Crippen molar-refractivity contribution in [1.82, 2.24) is 4.98 Å². The molecule has 0 saturated carbocycles. The molecule has 134 valence electrons. The Morgan fingerprint density at radius 3 is 2.58 bits per heavy atom. The van der Waals surface area contributed by atoms with Crippen LogP contribution in [0.25, 0.3) is 10.9 Å². The zero-order chi connectivity index (χ0) is 18.7. The number of fused-ring (bicyclic) bond motifs is 1. The van der Waals surface area contributed by atoms with E-state index in [-0.39, 0.29) is 12.0 Å². The molecular formula is C19H14F3NO3. The standard InChI is InChI=1S/C19H14F3NO3/c20-19(21,22)14-5-3-4-12(8-14)17(24)11-26-18(25)9-13-10-23-16-7-2-1-6-15(13)16/h1-8,10,23H,9,11H2. The molecule has 1 N–H and O–H groups in total. The third-order valence-corrected chi connectivity index (χ3v) is 3.89. The Balaban J connectivity index is 1.62. The molecule has 4 nitrogen and oxygen atoms in total. The Kier molecular flexibility index (Phi) is 4.79. The second-order valence-electron chi connectivity index (χ2n) is 5.70. The zero-order valence-electron chi connectivity index (χ0n) is 13.5. The molecule has 0 aliphatic heterocycles. The number of rotatable bonds is 5. The largest absolute Gasteiger partial charge is 0.457 e. The molecule has 0 amide bonds. The monoisotopic (exact) mass is 361 g/mol. The highest BCUT2D eigenvalue weighted by Crippen LogP contribution is 2.29. The van der Waals surface area contributed by atoms with E-state index < -0.39 is 30.1 Å². The van der Waals surface area contributed by atoms with Crippen LogP contribution < -0.4 is 0 Å². The Morgan fingerprint density at radius 1 is 1.04 bits per heavy atom. The van der Waals surface area contributed by atoms with Gasteiger partial charge >= 0.3 is 12.1 Å². The van der Waals surface area contributed by atoms with Crippen LogP contribution in [0.3, 0.4) is 0 Å². The fraction of sp³-hybridized carbons (Fsp3) is 0.158. The summed E-state index contributed by atoms with van der Waals surface area (Å²) in [6, 6.07) is 11.4. The third-order valence-electron chi connectivity index (χ3n) is 3.89. The fourth-order valence-electron chi connectivity index (χ4n) is 2.58. The molecule has 0 bridgehead atoms. The molecule has 0 saturated heterocycles. The van der Waals surface area contributed by atoms with Gasteiger partial charge in [-0.2, -0.15) is 13.2 Å². The molecule has 26 heavy (non-hydrogen) atoms. The van der Waals surface area contributed by atoms with Crippen LogP contribution in [0, 0.1) is 0 Å². The van der Waals surface area contributed by atoms with E-state index in [1.807, 2.05) is 24.3 Å². The maximum absolute atomic E-state index is 12.7. The van der Waals surface area contributed by atoms with Gasteiger partial charge in [0.25, 0.3) is 0 Å². The molecule has 0 radical (unpaired) electrons. The molecule has 1 aromatic heterocycles. The summed E-state index contributed by atoms with van der Waals surface area (Å²) in [5.41, 5.74) is 0.514. The minimum Gasteiger partial charge on any atom is -0.457 e. The van der Waals surface area contributed by atoms with Crippen molar-refractivity contribution in [3.05, 3.63) is 71.4 Å². The van der Waals surface area contributed by atoms with E-state index in [0.717, 1.165) is 34.7 Å². The summed E-state index contributed by atoms with van der Waals surface area (Å²) < 4.78 is 43.0. The average molecular weight is 361 g/mol. The normalized spacial score (nSPS) is 11.5. The van der Waals surface area contributed by atoms with Crippen molar-refractivity contribution in [2.45, 2.75) is 12.6 Å². The number of carbonyl (C=O) groups is 2. The van der Waals surface area contributed by atoms with Gasteiger partial charge in [0.1, 0.15) is 0 Å². The van der Waals surface area contributed by atoms with Crippen LogP contribution in [-0.4, -0.2) is 23.3 Å². The first-order valence-corrected chi connectivity index (χ1v) is 7.75. The summed E-state index contributed by atoms with van der Waals surface area (Å²) in [7, 11) is 0. The predicted octanol–water partition coefficient (Wildman–Crippen LogP) is 4.16. The van der Waals surface area contributed by atoms with Gasteiger partial charge in [-0.25, -0.2) is 0 Å². The quantitative estimate of drug-likeness (QED) is 0.548. The van der Waals surface area contributed by atoms with Crippen molar-refractivity contribution in [3.8, 4) is 0 Å². The summed E-state index contributed by atoms with van der Waals surface area (Å²) in [5.74, 6) is -1.32. The van der Waals surface area contributed by atoms with E-state index in [1.165, 1.54) is 6.07 Å². The summed E-state index contributed by atoms with van der Waals surface area (Å²) in [6.07, 6.45) is -2.90. The molecule has 0 aliphatic carbocycles. The van der Waals surface area contributed by atoms with Crippen molar-refractivity contribution >= 4 is 22.7 Å². The molecule has 1 heterocycles. The maximum atomic E-state index is 12.7. The number of aromatic amines is 1. The Bertz CT molecular complexity index is 960. The molecule has 0 fully saturated rings. The lowest BCUT2D eigenvalue weighted by molar-refractivity contribution is -0.141. The number of nitrogens with one attached hydrogen (secondary N) is 1. The molecule has 3 aromatic rings. The highest BCUT2D eigenvalue weighted by molar-refractivity contribution is 5.98. The molecule has 3 rings (SSSR count). The van der Waals surface area contributed by atoms with Crippen LogP contribution in [-0.2, 0) is 22.1 Å². The lowest BCUT2D eigenvalue weighted by atomic mass is 10.1.